The van der Waals surface area contributed by atoms with Gasteiger partial charge < -0.3 is 10.1 Å². The molecular weight excluding hydrogens is 357 g/mol. The third-order valence-electron chi connectivity index (χ3n) is 3.90. The summed E-state index contributed by atoms with van der Waals surface area (Å²) in [5, 5.41) is 4.00. The molecule has 0 heterocycles. The summed E-state index contributed by atoms with van der Waals surface area (Å²) in [6.45, 7) is 3.76. The van der Waals surface area contributed by atoms with E-state index in [4.69, 9.17) is 27.9 Å². The highest BCUT2D eigenvalue weighted by Crippen LogP contribution is 2.27. The van der Waals surface area contributed by atoms with Crippen molar-refractivity contribution in [2.24, 2.45) is 0 Å². The van der Waals surface area contributed by atoms with Crippen LogP contribution in [0.15, 0.2) is 55.1 Å². The van der Waals surface area contributed by atoms with Gasteiger partial charge in [-0.2, -0.15) is 0 Å². The minimum atomic E-state index is -0.183. The van der Waals surface area contributed by atoms with Gasteiger partial charge in [0.15, 0.2) is 0 Å². The average molecular weight is 378 g/mol. The molecule has 0 saturated carbocycles. The minimum absolute atomic E-state index is 0.0381. The molecule has 132 valence electrons. The zero-order valence-electron chi connectivity index (χ0n) is 14.1. The summed E-state index contributed by atoms with van der Waals surface area (Å²) in [5.41, 5.74) is 1.91. The van der Waals surface area contributed by atoms with Crippen LogP contribution in [0, 0.1) is 0 Å². The van der Waals surface area contributed by atoms with Crippen molar-refractivity contribution in [3.63, 3.8) is 0 Å². The Morgan fingerprint density at radius 3 is 2.68 bits per heavy atom. The number of benzene rings is 2. The number of carbonyl (C=O) groups excluding carboxylic acids is 1. The molecule has 5 heteroatoms. The van der Waals surface area contributed by atoms with Crippen LogP contribution in [0.3, 0.4) is 0 Å². The van der Waals surface area contributed by atoms with Gasteiger partial charge in [0.2, 0.25) is 5.91 Å². The van der Waals surface area contributed by atoms with E-state index in [1.807, 2.05) is 30.3 Å². The molecule has 25 heavy (non-hydrogen) atoms. The molecule has 0 aromatic heterocycles. The third kappa shape index (κ3) is 5.52. The molecule has 0 aliphatic carbocycles. The Hall–Kier alpha value is -1.97. The summed E-state index contributed by atoms with van der Waals surface area (Å²) in [6.07, 6.45) is 3.36. The molecule has 0 radical (unpaired) electrons. The first-order valence-electron chi connectivity index (χ1n) is 8.02. The third-order valence-corrected chi connectivity index (χ3v) is 4.64. The highest BCUT2D eigenvalue weighted by molar-refractivity contribution is 6.42. The lowest BCUT2D eigenvalue weighted by Crippen LogP contribution is -2.28. The number of hydrogen-bond donors (Lipinski definition) is 1. The van der Waals surface area contributed by atoms with Gasteiger partial charge >= 0.3 is 0 Å². The second-order valence-corrected chi connectivity index (χ2v) is 6.44. The van der Waals surface area contributed by atoms with Gasteiger partial charge in [0, 0.05) is 6.42 Å². The fraction of sp³-hybridized carbons (Fsp3) is 0.250. The number of nitrogens with one attached hydrogen (secondary N) is 1. The van der Waals surface area contributed by atoms with Crippen LogP contribution in [-0.2, 0) is 11.2 Å². The molecule has 1 amide bonds. The van der Waals surface area contributed by atoms with E-state index in [1.54, 1.807) is 25.3 Å². The number of ether oxygens (including phenoxy) is 1. The lowest BCUT2D eigenvalue weighted by Gasteiger charge is -2.18. The fourth-order valence-corrected chi connectivity index (χ4v) is 2.90. The van der Waals surface area contributed by atoms with E-state index in [0.717, 1.165) is 16.9 Å². The van der Waals surface area contributed by atoms with Crippen molar-refractivity contribution in [2.45, 2.75) is 25.3 Å². The van der Waals surface area contributed by atoms with Crippen LogP contribution in [0.2, 0.25) is 10.0 Å². The number of rotatable bonds is 8. The van der Waals surface area contributed by atoms with Crippen LogP contribution in [0.1, 0.15) is 30.0 Å². The Morgan fingerprint density at radius 1 is 1.24 bits per heavy atom. The predicted octanol–water partition coefficient (Wildman–Crippen LogP) is 5.37. The molecule has 0 saturated heterocycles. The van der Waals surface area contributed by atoms with Crippen LogP contribution in [0.5, 0.6) is 5.75 Å². The van der Waals surface area contributed by atoms with E-state index in [2.05, 4.69) is 11.9 Å². The summed E-state index contributed by atoms with van der Waals surface area (Å²) < 4.78 is 5.32. The second-order valence-electron chi connectivity index (χ2n) is 5.63. The molecule has 1 unspecified atom stereocenters. The molecule has 0 spiro atoms. The smallest absolute Gasteiger partial charge is 0.220 e. The Balaban J connectivity index is 2.02. The molecule has 0 aliphatic heterocycles. The van der Waals surface area contributed by atoms with E-state index < -0.39 is 0 Å². The lowest BCUT2D eigenvalue weighted by molar-refractivity contribution is -0.121. The molecule has 0 fully saturated rings. The van der Waals surface area contributed by atoms with Crippen LogP contribution < -0.4 is 10.1 Å². The van der Waals surface area contributed by atoms with E-state index >= 15 is 0 Å². The van der Waals surface area contributed by atoms with E-state index in [-0.39, 0.29) is 11.9 Å². The van der Waals surface area contributed by atoms with Gasteiger partial charge in [-0.25, -0.2) is 0 Å². The van der Waals surface area contributed by atoms with Crippen LogP contribution in [0.4, 0.5) is 0 Å². The van der Waals surface area contributed by atoms with Gasteiger partial charge in [0.1, 0.15) is 5.75 Å². The van der Waals surface area contributed by atoms with Crippen molar-refractivity contribution in [3.05, 3.63) is 76.3 Å². The Kier molecular flexibility index (Phi) is 7.35. The van der Waals surface area contributed by atoms with Crippen LogP contribution in [0.25, 0.3) is 0 Å². The summed E-state index contributed by atoms with van der Waals surface area (Å²) in [7, 11) is 1.63. The topological polar surface area (TPSA) is 38.3 Å². The molecule has 1 atom stereocenters. The maximum Gasteiger partial charge on any atom is 0.220 e. The zero-order valence-corrected chi connectivity index (χ0v) is 15.6. The molecule has 2 aromatic rings. The second kappa shape index (κ2) is 9.50. The predicted molar refractivity (Wildman–Crippen MR) is 103 cm³/mol. The molecule has 2 rings (SSSR count). The first-order chi connectivity index (χ1) is 12.0. The molecule has 0 bridgehead atoms. The highest BCUT2D eigenvalue weighted by atomic mass is 35.5. The molecule has 1 N–H and O–H groups in total. The first kappa shape index (κ1) is 19.4. The largest absolute Gasteiger partial charge is 0.496 e. The summed E-state index contributed by atoms with van der Waals surface area (Å²) >= 11 is 12.0. The number of amides is 1. The average Bonchev–Trinajstić information content (AvgIpc) is 2.62. The number of aryl methyl sites for hydroxylation is 1. The van der Waals surface area contributed by atoms with Gasteiger partial charge in [-0.15, -0.1) is 6.58 Å². The van der Waals surface area contributed by atoms with Gasteiger partial charge in [0.05, 0.1) is 23.2 Å². The number of carbonyl (C=O) groups is 1. The van der Waals surface area contributed by atoms with Gasteiger partial charge in [-0.05, 0) is 42.2 Å². The molecular formula is C20H21Cl2NO2. The zero-order chi connectivity index (χ0) is 18.2. The van der Waals surface area contributed by atoms with E-state index in [0.29, 0.717) is 29.3 Å². The highest BCUT2D eigenvalue weighted by Gasteiger charge is 2.15. The Morgan fingerprint density at radius 2 is 2.00 bits per heavy atom. The minimum Gasteiger partial charge on any atom is -0.496 e. The lowest BCUT2D eigenvalue weighted by atomic mass is 10.0. The van der Waals surface area contributed by atoms with E-state index in [1.165, 1.54) is 0 Å². The van der Waals surface area contributed by atoms with Crippen molar-refractivity contribution in [1.82, 2.24) is 5.32 Å². The first-order valence-corrected chi connectivity index (χ1v) is 8.77. The van der Waals surface area contributed by atoms with Crippen molar-refractivity contribution < 1.29 is 9.53 Å². The monoisotopic (exact) mass is 377 g/mol. The van der Waals surface area contributed by atoms with Crippen LogP contribution in [-0.4, -0.2) is 13.0 Å². The normalized spacial score (nSPS) is 11.6. The van der Waals surface area contributed by atoms with Crippen molar-refractivity contribution in [1.29, 1.82) is 0 Å². The quantitative estimate of drug-likeness (QED) is 0.628. The maximum atomic E-state index is 12.4. The SMILES string of the molecule is C=CCC(NC(=O)CCc1ccccc1OC)c1ccc(Cl)c(Cl)c1. The Labute approximate surface area is 158 Å². The number of hydrogen-bond acceptors (Lipinski definition) is 2. The maximum absolute atomic E-state index is 12.4. The Bertz CT molecular complexity index is 746. The summed E-state index contributed by atoms with van der Waals surface area (Å²) in [6, 6.07) is 12.9. The van der Waals surface area contributed by atoms with E-state index in [9.17, 15) is 4.79 Å². The molecule has 2 aromatic carbocycles. The molecule has 3 nitrogen and oxygen atoms in total. The summed E-state index contributed by atoms with van der Waals surface area (Å²) in [4.78, 5) is 12.4. The van der Waals surface area contributed by atoms with Crippen molar-refractivity contribution in [3.8, 4) is 5.75 Å². The fourth-order valence-electron chi connectivity index (χ4n) is 2.60. The van der Waals surface area contributed by atoms with Crippen molar-refractivity contribution in [2.75, 3.05) is 7.11 Å². The van der Waals surface area contributed by atoms with Crippen LogP contribution >= 0.6 is 23.2 Å². The van der Waals surface area contributed by atoms with Crippen molar-refractivity contribution >= 4 is 29.1 Å². The van der Waals surface area contributed by atoms with Gasteiger partial charge in [0.25, 0.3) is 0 Å². The standard InChI is InChI=1S/C20H21Cl2NO2/c1-3-6-18(15-9-11-16(21)17(22)13-15)23-20(24)12-10-14-7-4-5-8-19(14)25-2/h3-5,7-9,11,13,18H,1,6,10,12H2,2H3,(H,23,24). The molecule has 0 aliphatic rings. The number of halogens is 2. The number of methoxy groups -OCH3 is 1. The number of para-hydroxylation sites is 1. The van der Waals surface area contributed by atoms with Gasteiger partial charge in [-0.1, -0.05) is 53.5 Å². The van der Waals surface area contributed by atoms with Gasteiger partial charge in [-0.3, -0.25) is 4.79 Å². The summed E-state index contributed by atoms with van der Waals surface area (Å²) in [5.74, 6) is 0.756.